The first kappa shape index (κ1) is 14.6. The van der Waals surface area contributed by atoms with Gasteiger partial charge in [0.15, 0.2) is 5.65 Å². The highest BCUT2D eigenvalue weighted by atomic mass is 16.5. The van der Waals surface area contributed by atoms with Crippen molar-refractivity contribution in [3.63, 3.8) is 0 Å². The molecule has 114 valence electrons. The summed E-state index contributed by atoms with van der Waals surface area (Å²) >= 11 is 0. The summed E-state index contributed by atoms with van der Waals surface area (Å²) in [6.45, 7) is 6.54. The van der Waals surface area contributed by atoms with Crippen LogP contribution < -0.4 is 4.74 Å². The molecule has 0 spiro atoms. The Morgan fingerprint density at radius 2 is 1.82 bits per heavy atom. The molecule has 4 nitrogen and oxygen atoms in total. The lowest BCUT2D eigenvalue weighted by atomic mass is 10.1. The van der Waals surface area contributed by atoms with E-state index in [1.165, 1.54) is 5.56 Å². The number of imidazole rings is 1. The maximum absolute atomic E-state index is 5.21. The van der Waals surface area contributed by atoms with Gasteiger partial charge in [0.1, 0.15) is 17.1 Å². The van der Waals surface area contributed by atoms with Crippen molar-refractivity contribution in [1.29, 1.82) is 0 Å². The van der Waals surface area contributed by atoms with Crippen LogP contribution >= 0.6 is 0 Å². The van der Waals surface area contributed by atoms with Gasteiger partial charge in [-0.2, -0.15) is 0 Å². The van der Waals surface area contributed by atoms with Crippen molar-refractivity contribution < 1.29 is 4.74 Å². The lowest BCUT2D eigenvalue weighted by molar-refractivity contribution is 0.394. The van der Waals surface area contributed by atoms with Crippen LogP contribution in [0.2, 0.25) is 0 Å². The van der Waals surface area contributed by atoms with Crippen molar-refractivity contribution in [1.82, 2.24) is 14.5 Å². The van der Waals surface area contributed by atoms with Crippen LogP contribution in [-0.4, -0.2) is 21.6 Å². The molecule has 0 unspecified atom stereocenters. The molecule has 0 atom stereocenters. The van der Waals surface area contributed by atoms with Gasteiger partial charge in [-0.3, -0.25) is 0 Å². The van der Waals surface area contributed by atoms with Crippen molar-refractivity contribution in [3.8, 4) is 5.75 Å². The van der Waals surface area contributed by atoms with E-state index in [1.807, 2.05) is 30.5 Å². The molecule has 0 N–H and O–H groups in total. The zero-order valence-corrected chi connectivity index (χ0v) is 13.5. The molecule has 3 rings (SSSR count). The van der Waals surface area contributed by atoms with Gasteiger partial charge in [-0.1, -0.05) is 12.1 Å². The number of methoxy groups -OCH3 is 1. The maximum atomic E-state index is 5.21. The van der Waals surface area contributed by atoms with Crippen molar-refractivity contribution in [2.24, 2.45) is 0 Å². The Labute approximate surface area is 130 Å². The third-order valence-electron chi connectivity index (χ3n) is 3.68. The number of hydrogen-bond acceptors (Lipinski definition) is 3. The highest BCUT2D eigenvalue weighted by molar-refractivity contribution is 5.71. The number of fused-ring (bicyclic) bond motifs is 1. The molecule has 0 aliphatic carbocycles. The fraction of sp³-hybridized carbons (Fsp3) is 0.333. The standard InChI is InChI=1S/C18H21N3O/c1-18(2,3)21-16(20-15-6-5-11-19-17(15)21)12-13-7-9-14(22-4)10-8-13/h5-11H,12H2,1-4H3. The monoisotopic (exact) mass is 295 g/mol. The molecule has 0 aliphatic heterocycles. The van der Waals surface area contributed by atoms with Crippen molar-refractivity contribution in [3.05, 3.63) is 54.0 Å². The van der Waals surface area contributed by atoms with Crippen LogP contribution in [0.4, 0.5) is 0 Å². The van der Waals surface area contributed by atoms with Crippen LogP contribution in [0.15, 0.2) is 42.6 Å². The summed E-state index contributed by atoms with van der Waals surface area (Å²) in [4.78, 5) is 9.30. The minimum absolute atomic E-state index is 0.0646. The van der Waals surface area contributed by atoms with Crippen molar-refractivity contribution >= 4 is 11.2 Å². The Balaban J connectivity index is 2.05. The zero-order valence-electron chi connectivity index (χ0n) is 13.5. The van der Waals surface area contributed by atoms with Crippen LogP contribution in [0, 0.1) is 0 Å². The maximum Gasteiger partial charge on any atom is 0.160 e. The second kappa shape index (κ2) is 5.44. The number of benzene rings is 1. The van der Waals surface area contributed by atoms with Gasteiger partial charge in [0, 0.05) is 18.2 Å². The molecule has 0 saturated heterocycles. The number of nitrogens with zero attached hydrogens (tertiary/aromatic N) is 3. The van der Waals surface area contributed by atoms with E-state index in [9.17, 15) is 0 Å². The Bertz CT molecular complexity index is 782. The number of rotatable bonds is 3. The van der Waals surface area contributed by atoms with Crippen LogP contribution in [0.3, 0.4) is 0 Å². The second-order valence-electron chi connectivity index (χ2n) is 6.41. The molecule has 2 heterocycles. The van der Waals surface area contributed by atoms with Gasteiger partial charge in [-0.25, -0.2) is 9.97 Å². The smallest absolute Gasteiger partial charge is 0.160 e. The van der Waals surface area contributed by atoms with Crippen molar-refractivity contribution in [2.75, 3.05) is 7.11 Å². The van der Waals surface area contributed by atoms with Crippen LogP contribution in [0.25, 0.3) is 11.2 Å². The normalized spacial score (nSPS) is 11.8. The summed E-state index contributed by atoms with van der Waals surface area (Å²) in [5, 5.41) is 0. The SMILES string of the molecule is COc1ccc(Cc2nc3cccnc3n2C(C)(C)C)cc1. The van der Waals surface area contributed by atoms with Crippen LogP contribution in [0.1, 0.15) is 32.2 Å². The molecule has 0 bridgehead atoms. The molecule has 4 heteroatoms. The predicted molar refractivity (Wildman–Crippen MR) is 88.3 cm³/mol. The summed E-state index contributed by atoms with van der Waals surface area (Å²) in [7, 11) is 1.68. The molecule has 3 aromatic rings. The van der Waals surface area contributed by atoms with Gasteiger partial charge >= 0.3 is 0 Å². The third kappa shape index (κ3) is 2.69. The lowest BCUT2D eigenvalue weighted by Gasteiger charge is -2.24. The van der Waals surface area contributed by atoms with Gasteiger partial charge in [-0.05, 0) is 50.6 Å². The first-order chi connectivity index (χ1) is 10.5. The molecule has 0 aliphatic rings. The topological polar surface area (TPSA) is 39.9 Å². The molecule has 0 amide bonds. The largest absolute Gasteiger partial charge is 0.497 e. The van der Waals surface area contributed by atoms with E-state index >= 15 is 0 Å². The highest BCUT2D eigenvalue weighted by Gasteiger charge is 2.22. The second-order valence-corrected chi connectivity index (χ2v) is 6.41. The molecular weight excluding hydrogens is 274 g/mol. The molecule has 2 aromatic heterocycles. The van der Waals surface area contributed by atoms with Gasteiger partial charge in [0.2, 0.25) is 0 Å². The average molecular weight is 295 g/mol. The summed E-state index contributed by atoms with van der Waals surface area (Å²) in [6, 6.07) is 12.1. The Hall–Kier alpha value is -2.36. The molecule has 0 saturated carbocycles. The summed E-state index contributed by atoms with van der Waals surface area (Å²) < 4.78 is 7.44. The Morgan fingerprint density at radius 3 is 2.45 bits per heavy atom. The fourth-order valence-electron chi connectivity index (χ4n) is 2.71. The summed E-state index contributed by atoms with van der Waals surface area (Å²) in [6.07, 6.45) is 2.60. The highest BCUT2D eigenvalue weighted by Crippen LogP contribution is 2.25. The summed E-state index contributed by atoms with van der Waals surface area (Å²) in [5.74, 6) is 1.90. The van der Waals surface area contributed by atoms with E-state index in [0.717, 1.165) is 29.2 Å². The molecule has 0 radical (unpaired) electrons. The van der Waals surface area contributed by atoms with E-state index in [1.54, 1.807) is 7.11 Å². The molecular formula is C18H21N3O. The molecule has 0 fully saturated rings. The number of pyridine rings is 1. The average Bonchev–Trinajstić information content (AvgIpc) is 2.85. The van der Waals surface area contributed by atoms with E-state index in [2.05, 4.69) is 42.5 Å². The fourth-order valence-corrected chi connectivity index (χ4v) is 2.71. The summed E-state index contributed by atoms with van der Waals surface area (Å²) in [5.41, 5.74) is 3.03. The van der Waals surface area contributed by atoms with Gasteiger partial charge < -0.3 is 9.30 Å². The molecule has 22 heavy (non-hydrogen) atoms. The zero-order chi connectivity index (χ0) is 15.7. The predicted octanol–water partition coefficient (Wildman–Crippen LogP) is 3.79. The van der Waals surface area contributed by atoms with Crippen LogP contribution in [-0.2, 0) is 12.0 Å². The van der Waals surface area contributed by atoms with Gasteiger partial charge in [0.25, 0.3) is 0 Å². The van der Waals surface area contributed by atoms with Crippen molar-refractivity contribution in [2.45, 2.75) is 32.7 Å². The number of aromatic nitrogens is 3. The van der Waals surface area contributed by atoms with Gasteiger partial charge in [0.05, 0.1) is 7.11 Å². The van der Waals surface area contributed by atoms with E-state index in [-0.39, 0.29) is 5.54 Å². The van der Waals surface area contributed by atoms with Gasteiger partial charge in [-0.15, -0.1) is 0 Å². The van der Waals surface area contributed by atoms with E-state index in [0.29, 0.717) is 0 Å². The third-order valence-corrected chi connectivity index (χ3v) is 3.68. The first-order valence-electron chi connectivity index (χ1n) is 7.45. The number of ether oxygens (including phenoxy) is 1. The van der Waals surface area contributed by atoms with Crippen LogP contribution in [0.5, 0.6) is 5.75 Å². The first-order valence-corrected chi connectivity index (χ1v) is 7.45. The Morgan fingerprint density at radius 1 is 1.09 bits per heavy atom. The Kier molecular flexibility index (Phi) is 3.61. The lowest BCUT2D eigenvalue weighted by Crippen LogP contribution is -2.24. The molecule has 1 aromatic carbocycles. The van der Waals surface area contributed by atoms with E-state index < -0.39 is 0 Å². The quantitative estimate of drug-likeness (QED) is 0.738. The number of hydrogen-bond donors (Lipinski definition) is 0. The van der Waals surface area contributed by atoms with E-state index in [4.69, 9.17) is 9.72 Å². The minimum atomic E-state index is -0.0646. The minimum Gasteiger partial charge on any atom is -0.497 e.